The molecule has 1 aliphatic heterocycles. The summed E-state index contributed by atoms with van der Waals surface area (Å²) in [5.41, 5.74) is 4.91. The average molecular weight is 810 g/mol. The molecular weight excluding hydrogens is 749 g/mol. The molecule has 5 saturated carbocycles. The van der Waals surface area contributed by atoms with E-state index < -0.39 is 5.97 Å². The van der Waals surface area contributed by atoms with Gasteiger partial charge in [0.2, 0.25) is 11.7 Å². The highest BCUT2D eigenvalue weighted by Gasteiger charge is 2.53. The van der Waals surface area contributed by atoms with Crippen LogP contribution in [0.5, 0.6) is 11.5 Å². The molecule has 9 atom stereocenters. The molecule has 10 rings (SSSR count). The molecule has 2 heterocycles. The Bertz CT molecular complexity index is 2430. The van der Waals surface area contributed by atoms with Crippen molar-refractivity contribution in [2.45, 2.75) is 71.6 Å². The van der Waals surface area contributed by atoms with E-state index in [0.29, 0.717) is 40.5 Å². The Morgan fingerprint density at radius 1 is 1.02 bits per heavy atom. The van der Waals surface area contributed by atoms with Crippen molar-refractivity contribution in [3.63, 3.8) is 0 Å². The van der Waals surface area contributed by atoms with E-state index in [4.69, 9.17) is 18.6 Å². The van der Waals surface area contributed by atoms with Gasteiger partial charge in [-0.25, -0.2) is 4.79 Å². The van der Waals surface area contributed by atoms with Crippen molar-refractivity contribution >= 4 is 35.0 Å². The first-order valence-electron chi connectivity index (χ1n) is 22.4. The molecule has 1 amide bonds. The number of esters is 1. The van der Waals surface area contributed by atoms with Gasteiger partial charge in [-0.15, -0.1) is 0 Å². The van der Waals surface area contributed by atoms with E-state index >= 15 is 0 Å². The predicted molar refractivity (Wildman–Crippen MR) is 236 cm³/mol. The Hall–Kier alpha value is -5.08. The van der Waals surface area contributed by atoms with Crippen LogP contribution in [0.2, 0.25) is 0 Å². The van der Waals surface area contributed by atoms with Crippen LogP contribution in [0, 0.1) is 47.3 Å². The smallest absolute Gasteiger partial charge is 0.335 e. The number of ether oxygens (including phenoxy) is 3. The Kier molecular flexibility index (Phi) is 11.3. The van der Waals surface area contributed by atoms with E-state index in [1.165, 1.54) is 66.2 Å². The van der Waals surface area contributed by atoms with Crippen molar-refractivity contribution < 1.29 is 32.7 Å². The molecule has 0 radical (unpaired) electrons. The van der Waals surface area contributed by atoms with Crippen molar-refractivity contribution in [2.24, 2.45) is 47.3 Å². The molecule has 1 aromatic heterocycles. The summed E-state index contributed by atoms with van der Waals surface area (Å²) < 4.78 is 24.2. The number of benzene rings is 2. The number of carbonyl (C=O) groups is 2. The summed E-state index contributed by atoms with van der Waals surface area (Å²) in [4.78, 5) is 26.0. The second kappa shape index (κ2) is 16.8. The fourth-order valence-electron chi connectivity index (χ4n) is 11.5. The maximum Gasteiger partial charge on any atom is 0.335 e. The second-order valence-corrected chi connectivity index (χ2v) is 18.6. The zero-order valence-corrected chi connectivity index (χ0v) is 35.8. The van der Waals surface area contributed by atoms with Gasteiger partial charge in [-0.3, -0.25) is 9.28 Å². The fourth-order valence-corrected chi connectivity index (χ4v) is 11.5. The Labute approximate surface area is 354 Å². The lowest BCUT2D eigenvalue weighted by molar-refractivity contribution is -0.858. The SMILES string of the molecule is C=C(OC)C(=CCc1ccc2c(c1)=CC1C(C=2)C1C(=O)NC(C=C[N+](C)(CC)CCCOc1c2c(cc3ccoc13)CC=CC(=O)O2)=CC)C1C2CCC3CC(C2)CC1C3. The van der Waals surface area contributed by atoms with Crippen LogP contribution in [0.4, 0.5) is 0 Å². The number of allylic oxidation sites excluding steroid dienone is 5. The Morgan fingerprint density at radius 2 is 1.83 bits per heavy atom. The van der Waals surface area contributed by atoms with Crippen LogP contribution in [0.1, 0.15) is 69.9 Å². The van der Waals surface area contributed by atoms with E-state index in [2.05, 4.69) is 68.5 Å². The minimum absolute atomic E-state index is 0.0711. The molecule has 0 spiro atoms. The van der Waals surface area contributed by atoms with Crippen LogP contribution in [0.25, 0.3) is 23.1 Å². The maximum absolute atomic E-state index is 13.7. The normalized spacial score (nSPS) is 28.6. The molecule has 5 fully saturated rings. The zero-order valence-electron chi connectivity index (χ0n) is 35.8. The highest BCUT2D eigenvalue weighted by molar-refractivity contribution is 5.92. The van der Waals surface area contributed by atoms with Crippen LogP contribution in [-0.2, 0) is 27.2 Å². The number of hydrogen-bond donors (Lipinski definition) is 1. The minimum atomic E-state index is -0.419. The van der Waals surface area contributed by atoms with E-state index in [-0.39, 0.29) is 23.7 Å². The number of fused-ring (bicyclic) bond motifs is 5. The fraction of sp³-hybridized carbons (Fsp3) is 0.462. The lowest BCUT2D eigenvalue weighted by Crippen LogP contribution is -2.39. The number of carbonyl (C=O) groups excluding carboxylic acids is 2. The van der Waals surface area contributed by atoms with E-state index in [9.17, 15) is 9.59 Å². The number of nitrogens with zero attached hydrogens (tertiary/aromatic N) is 1. The molecule has 9 unspecified atom stereocenters. The summed E-state index contributed by atoms with van der Waals surface area (Å²) in [7, 11) is 3.95. The summed E-state index contributed by atoms with van der Waals surface area (Å²) >= 11 is 0. The molecule has 6 aliphatic carbocycles. The molecule has 8 heteroatoms. The van der Waals surface area contributed by atoms with Gasteiger partial charge >= 0.3 is 5.97 Å². The molecule has 60 heavy (non-hydrogen) atoms. The molecule has 8 nitrogen and oxygen atoms in total. The van der Waals surface area contributed by atoms with Gasteiger partial charge in [0.1, 0.15) is 5.76 Å². The van der Waals surface area contributed by atoms with Crippen LogP contribution < -0.4 is 25.2 Å². The number of rotatable bonds is 15. The van der Waals surface area contributed by atoms with Crippen molar-refractivity contribution in [3.05, 3.63) is 118 Å². The Balaban J connectivity index is 0.811. The van der Waals surface area contributed by atoms with Gasteiger partial charge in [-0.2, -0.15) is 0 Å². The molecule has 7 aliphatic rings. The highest BCUT2D eigenvalue weighted by Crippen LogP contribution is 2.57. The Morgan fingerprint density at radius 3 is 2.65 bits per heavy atom. The summed E-state index contributed by atoms with van der Waals surface area (Å²) in [6.07, 6.45) is 28.6. The zero-order chi connectivity index (χ0) is 41.5. The van der Waals surface area contributed by atoms with Crippen LogP contribution in [-0.4, -0.2) is 50.2 Å². The molecule has 4 bridgehead atoms. The molecule has 0 saturated heterocycles. The van der Waals surface area contributed by atoms with E-state index in [1.54, 1.807) is 13.4 Å². The third-order valence-corrected chi connectivity index (χ3v) is 14.9. The quantitative estimate of drug-likeness (QED) is 0.0415. The van der Waals surface area contributed by atoms with Gasteiger partial charge in [0.25, 0.3) is 0 Å². The van der Waals surface area contributed by atoms with Gasteiger partial charge in [-0.05, 0) is 134 Å². The van der Waals surface area contributed by atoms with Gasteiger partial charge < -0.3 is 23.9 Å². The van der Waals surface area contributed by atoms with Crippen molar-refractivity contribution in [1.82, 2.24) is 5.32 Å². The van der Waals surface area contributed by atoms with Gasteiger partial charge in [0, 0.05) is 35.2 Å². The monoisotopic (exact) mass is 809 g/mol. The predicted octanol–water partition coefficient (Wildman–Crippen LogP) is 8.45. The highest BCUT2D eigenvalue weighted by atomic mass is 16.6. The lowest BCUT2D eigenvalue weighted by Gasteiger charge is -2.45. The van der Waals surface area contributed by atoms with Gasteiger partial charge in [-0.1, -0.05) is 61.6 Å². The third kappa shape index (κ3) is 8.07. The lowest BCUT2D eigenvalue weighted by atomic mass is 9.60. The standard InChI is InChI=1S/C52H60N2O6/c1-6-42(18-21-54(4,7-2)20-9-22-58-51-49-39(19-23-59-49)29-38-10-8-11-46(55)60-50(38)51)53-52(56)48-44-30-36-15-12-33(25-40(36)31-45(44)48)14-17-43(32(3)57-5)47-37-16-13-34-24-35(27-37)28-41(47)26-34/h6,8,11-12,15,17-19,21,23,25,29-31,34-35,37,41,44-45,47-48H,3,7,9-10,13-14,16,20,22,24,26-28H2,1-2,4-5H3/p+1. The average Bonchev–Trinajstić information content (AvgIpc) is 3.88. The summed E-state index contributed by atoms with van der Waals surface area (Å²) in [6.45, 7) is 10.6. The number of nitrogens with one attached hydrogen (secondary N) is 1. The van der Waals surface area contributed by atoms with E-state index in [0.717, 1.165) is 72.0 Å². The molecule has 2 aromatic carbocycles. The first-order chi connectivity index (χ1) is 29.1. The summed E-state index contributed by atoms with van der Waals surface area (Å²) in [5, 5.41) is 6.61. The second-order valence-electron chi connectivity index (χ2n) is 18.6. The molecular formula is C52H61N2O6+. The molecule has 1 N–H and O–H groups in total. The summed E-state index contributed by atoms with van der Waals surface area (Å²) in [6, 6.07) is 10.7. The topological polar surface area (TPSA) is 87.0 Å². The van der Waals surface area contributed by atoms with Gasteiger partial charge in [0.15, 0.2) is 11.3 Å². The third-order valence-electron chi connectivity index (χ3n) is 14.9. The first kappa shape index (κ1) is 40.3. The van der Waals surface area contributed by atoms with Crippen LogP contribution in [0.15, 0.2) is 101 Å². The van der Waals surface area contributed by atoms with Crippen LogP contribution in [0.3, 0.4) is 0 Å². The maximum atomic E-state index is 13.7. The van der Waals surface area contributed by atoms with Crippen molar-refractivity contribution in [2.75, 3.05) is 33.9 Å². The van der Waals surface area contributed by atoms with E-state index in [1.807, 2.05) is 37.3 Å². The largest absolute Gasteiger partial charge is 0.497 e. The molecule has 314 valence electrons. The number of hydrogen-bond acceptors (Lipinski definition) is 6. The van der Waals surface area contributed by atoms with Crippen molar-refractivity contribution in [3.8, 4) is 11.5 Å². The summed E-state index contributed by atoms with van der Waals surface area (Å²) in [5.74, 6) is 5.71. The van der Waals surface area contributed by atoms with Gasteiger partial charge in [0.05, 0.1) is 52.2 Å². The minimum Gasteiger partial charge on any atom is -0.497 e. The number of methoxy groups -OCH3 is 1. The van der Waals surface area contributed by atoms with Crippen LogP contribution >= 0.6 is 0 Å². The first-order valence-corrected chi connectivity index (χ1v) is 22.4. The number of quaternary nitrogens is 1. The van der Waals surface area contributed by atoms with Crippen molar-refractivity contribution in [1.29, 1.82) is 0 Å². The number of amides is 1. The number of furan rings is 1. The molecule has 3 aromatic rings.